The van der Waals surface area contributed by atoms with Gasteiger partial charge in [0.25, 0.3) is 5.91 Å². The van der Waals surface area contributed by atoms with Crippen LogP contribution in [0.1, 0.15) is 29.3 Å². The van der Waals surface area contributed by atoms with Crippen LogP contribution in [0.4, 0.5) is 4.39 Å². The molecule has 1 aromatic heterocycles. The topological polar surface area (TPSA) is 62.3 Å². The maximum atomic E-state index is 14.1. The number of nitrogens with one attached hydrogen (secondary N) is 1. The minimum atomic E-state index is -0.617. The molecule has 26 heavy (non-hydrogen) atoms. The number of pyridine rings is 1. The van der Waals surface area contributed by atoms with E-state index in [4.69, 9.17) is 0 Å². The summed E-state index contributed by atoms with van der Waals surface area (Å²) in [6, 6.07) is 8.93. The molecule has 136 valence electrons. The lowest BCUT2D eigenvalue weighted by Gasteiger charge is -2.28. The molecule has 5 nitrogen and oxygen atoms in total. The van der Waals surface area contributed by atoms with Crippen LogP contribution < -0.4 is 5.32 Å². The fourth-order valence-electron chi connectivity index (χ4n) is 2.94. The molecule has 1 N–H and O–H groups in total. The monoisotopic (exact) mass is 373 g/mol. The normalized spacial score (nSPS) is 19.4. The highest BCUT2D eigenvalue weighted by Crippen LogP contribution is 2.33. The molecule has 0 aliphatic carbocycles. The van der Waals surface area contributed by atoms with E-state index >= 15 is 0 Å². The molecule has 0 spiro atoms. The second-order valence-corrected chi connectivity index (χ2v) is 7.19. The van der Waals surface area contributed by atoms with Crippen molar-refractivity contribution in [1.82, 2.24) is 15.2 Å². The van der Waals surface area contributed by atoms with Gasteiger partial charge >= 0.3 is 0 Å². The standard InChI is InChI=1S/C19H20FN3O2S/c1-2-17-23(19(25)14-7-3-4-8-15(14)20)16(12-26-17)18(24)22-11-13-6-5-9-21-10-13/h3-10,16-17H,2,11-12H2,1H3,(H,22,24). The molecule has 2 atom stereocenters. The lowest BCUT2D eigenvalue weighted by Crippen LogP contribution is -2.49. The zero-order valence-electron chi connectivity index (χ0n) is 14.4. The van der Waals surface area contributed by atoms with E-state index in [1.54, 1.807) is 42.4 Å². The minimum Gasteiger partial charge on any atom is -0.350 e. The number of amides is 2. The maximum absolute atomic E-state index is 14.1. The van der Waals surface area contributed by atoms with Crippen molar-refractivity contribution >= 4 is 23.6 Å². The smallest absolute Gasteiger partial charge is 0.258 e. The van der Waals surface area contributed by atoms with Crippen LogP contribution in [0.3, 0.4) is 0 Å². The van der Waals surface area contributed by atoms with Crippen molar-refractivity contribution in [3.8, 4) is 0 Å². The number of hydrogen-bond donors (Lipinski definition) is 1. The third-order valence-electron chi connectivity index (χ3n) is 4.27. The number of aromatic nitrogens is 1. The first-order chi connectivity index (χ1) is 12.6. The second kappa shape index (κ2) is 8.31. The average Bonchev–Trinajstić information content (AvgIpc) is 3.11. The third kappa shape index (κ3) is 3.88. The molecule has 2 unspecified atom stereocenters. The van der Waals surface area contributed by atoms with E-state index in [2.05, 4.69) is 10.3 Å². The molecule has 1 aromatic carbocycles. The third-order valence-corrected chi connectivity index (χ3v) is 5.73. The van der Waals surface area contributed by atoms with Crippen LogP contribution in [0.25, 0.3) is 0 Å². The highest BCUT2D eigenvalue weighted by atomic mass is 32.2. The summed E-state index contributed by atoms with van der Waals surface area (Å²) < 4.78 is 14.1. The van der Waals surface area contributed by atoms with E-state index in [1.165, 1.54) is 17.0 Å². The number of benzene rings is 1. The first-order valence-corrected chi connectivity index (χ1v) is 9.52. The van der Waals surface area contributed by atoms with E-state index < -0.39 is 17.8 Å². The lowest BCUT2D eigenvalue weighted by molar-refractivity contribution is -0.125. The van der Waals surface area contributed by atoms with E-state index in [0.717, 1.165) is 5.56 Å². The molecule has 1 fully saturated rings. The fourth-order valence-corrected chi connectivity index (χ4v) is 4.29. The van der Waals surface area contributed by atoms with Gasteiger partial charge in [-0.2, -0.15) is 0 Å². The van der Waals surface area contributed by atoms with Gasteiger partial charge in [0.2, 0.25) is 5.91 Å². The van der Waals surface area contributed by atoms with Crippen molar-refractivity contribution in [1.29, 1.82) is 0 Å². The summed E-state index contributed by atoms with van der Waals surface area (Å²) in [4.78, 5) is 31.1. The molecular weight excluding hydrogens is 353 g/mol. The van der Waals surface area contributed by atoms with Crippen LogP contribution in [-0.4, -0.2) is 38.9 Å². The summed E-state index contributed by atoms with van der Waals surface area (Å²) in [7, 11) is 0. The number of carbonyl (C=O) groups excluding carboxylic acids is 2. The zero-order valence-corrected chi connectivity index (χ0v) is 15.2. The van der Waals surface area contributed by atoms with E-state index in [1.807, 2.05) is 13.0 Å². The maximum Gasteiger partial charge on any atom is 0.258 e. The van der Waals surface area contributed by atoms with E-state index in [0.29, 0.717) is 18.7 Å². The first-order valence-electron chi connectivity index (χ1n) is 8.47. The average molecular weight is 373 g/mol. The summed E-state index contributed by atoms with van der Waals surface area (Å²) in [5.41, 5.74) is 0.879. The molecule has 1 aliphatic rings. The van der Waals surface area contributed by atoms with Crippen LogP contribution >= 0.6 is 11.8 Å². The Morgan fingerprint density at radius 2 is 2.12 bits per heavy atom. The van der Waals surface area contributed by atoms with Crippen molar-refractivity contribution in [2.24, 2.45) is 0 Å². The number of carbonyl (C=O) groups is 2. The van der Waals surface area contributed by atoms with Crippen LogP contribution in [0.5, 0.6) is 0 Å². The Labute approximate surface area is 156 Å². The predicted molar refractivity (Wildman–Crippen MR) is 99.0 cm³/mol. The van der Waals surface area contributed by atoms with Gasteiger partial charge in [-0.15, -0.1) is 11.8 Å². The summed E-state index contributed by atoms with van der Waals surface area (Å²) >= 11 is 1.55. The highest BCUT2D eigenvalue weighted by Gasteiger charge is 2.41. The van der Waals surface area contributed by atoms with Crippen molar-refractivity contribution in [3.63, 3.8) is 0 Å². The number of rotatable bonds is 5. The molecule has 1 saturated heterocycles. The predicted octanol–water partition coefficient (Wildman–Crippen LogP) is 2.83. The molecular formula is C19H20FN3O2S. The van der Waals surface area contributed by atoms with Gasteiger partial charge in [-0.05, 0) is 30.2 Å². The van der Waals surface area contributed by atoms with Crippen LogP contribution in [0, 0.1) is 5.82 Å². The van der Waals surface area contributed by atoms with Crippen LogP contribution in [0.15, 0.2) is 48.8 Å². The van der Waals surface area contributed by atoms with Gasteiger partial charge in [0, 0.05) is 24.7 Å². The Bertz CT molecular complexity index is 787. The summed E-state index contributed by atoms with van der Waals surface area (Å²) in [5.74, 6) is -0.750. The summed E-state index contributed by atoms with van der Waals surface area (Å²) in [6.07, 6.45) is 4.04. The number of halogens is 1. The molecule has 2 amide bonds. The van der Waals surface area contributed by atoms with Gasteiger partial charge in [0.1, 0.15) is 11.9 Å². The molecule has 7 heteroatoms. The van der Waals surface area contributed by atoms with Gasteiger partial charge in [-0.25, -0.2) is 4.39 Å². The number of nitrogens with zero attached hydrogens (tertiary/aromatic N) is 2. The first kappa shape index (κ1) is 18.4. The van der Waals surface area contributed by atoms with Gasteiger partial charge in [-0.1, -0.05) is 25.1 Å². The van der Waals surface area contributed by atoms with Crippen molar-refractivity contribution in [2.75, 3.05) is 5.75 Å². The molecule has 3 rings (SSSR count). The van der Waals surface area contributed by atoms with Gasteiger partial charge < -0.3 is 10.2 Å². The van der Waals surface area contributed by atoms with Gasteiger partial charge in [-0.3, -0.25) is 14.6 Å². The Morgan fingerprint density at radius 3 is 2.81 bits per heavy atom. The van der Waals surface area contributed by atoms with E-state index in [9.17, 15) is 14.0 Å². The SMILES string of the molecule is CCC1SCC(C(=O)NCc2cccnc2)N1C(=O)c1ccccc1F. The van der Waals surface area contributed by atoms with E-state index in [-0.39, 0.29) is 16.8 Å². The molecule has 2 aromatic rings. The molecule has 2 heterocycles. The molecule has 1 aliphatic heterocycles. The lowest BCUT2D eigenvalue weighted by atomic mass is 10.1. The Kier molecular flexibility index (Phi) is 5.88. The van der Waals surface area contributed by atoms with Crippen LogP contribution in [0.2, 0.25) is 0 Å². The molecule has 0 radical (unpaired) electrons. The summed E-state index contributed by atoms with van der Waals surface area (Å²) in [6.45, 7) is 2.29. The van der Waals surface area contributed by atoms with Crippen molar-refractivity contribution in [3.05, 3.63) is 65.7 Å². The Hall–Kier alpha value is -2.41. The number of thioether (sulfide) groups is 1. The van der Waals surface area contributed by atoms with Crippen LogP contribution in [-0.2, 0) is 11.3 Å². The minimum absolute atomic E-state index is 0.00138. The Morgan fingerprint density at radius 1 is 1.31 bits per heavy atom. The summed E-state index contributed by atoms with van der Waals surface area (Å²) in [5, 5.41) is 2.71. The second-order valence-electron chi connectivity index (χ2n) is 5.98. The molecule has 0 bridgehead atoms. The largest absolute Gasteiger partial charge is 0.350 e. The zero-order chi connectivity index (χ0) is 18.5. The van der Waals surface area contributed by atoms with Gasteiger partial charge in [0.15, 0.2) is 0 Å². The quantitative estimate of drug-likeness (QED) is 0.875. The Balaban J connectivity index is 1.76. The molecule has 0 saturated carbocycles. The van der Waals surface area contributed by atoms with Crippen molar-refractivity contribution in [2.45, 2.75) is 31.3 Å². The highest BCUT2D eigenvalue weighted by molar-refractivity contribution is 8.00. The number of hydrogen-bond acceptors (Lipinski definition) is 4. The fraction of sp³-hybridized carbons (Fsp3) is 0.316. The van der Waals surface area contributed by atoms with Crippen molar-refractivity contribution < 1.29 is 14.0 Å². The van der Waals surface area contributed by atoms with Gasteiger partial charge in [0.05, 0.1) is 10.9 Å².